The Kier molecular flexibility index (Phi) is 3.82. The number of allylic oxidation sites excluding steroid dienone is 2. The summed E-state index contributed by atoms with van der Waals surface area (Å²) in [5.41, 5.74) is 4.55. The molecule has 0 fully saturated rings. The molecule has 24 heavy (non-hydrogen) atoms. The number of aliphatic hydroxyl groups is 1. The highest BCUT2D eigenvalue weighted by atomic mass is 16.3. The molecule has 4 rings (SSSR count). The Morgan fingerprint density at radius 1 is 1.29 bits per heavy atom. The van der Waals surface area contributed by atoms with Crippen molar-refractivity contribution in [1.82, 2.24) is 9.47 Å². The average Bonchev–Trinajstić information content (AvgIpc) is 2.84. The lowest BCUT2D eigenvalue weighted by Crippen LogP contribution is -2.33. The Balaban J connectivity index is 1.93. The fraction of sp³-hybridized carbons (Fsp3) is 0.450. The number of aromatic nitrogens is 1. The zero-order valence-electron chi connectivity index (χ0n) is 14.3. The number of carbonyl (C=O) groups excluding carboxylic acids is 1. The van der Waals surface area contributed by atoms with Gasteiger partial charge in [-0.25, -0.2) is 0 Å². The van der Waals surface area contributed by atoms with Crippen LogP contribution in [-0.4, -0.2) is 34.5 Å². The number of fused-ring (bicyclic) bond motifs is 3. The molecule has 1 N–H and O–H groups in total. The van der Waals surface area contributed by atoms with Crippen LogP contribution in [0, 0.1) is 5.92 Å². The fourth-order valence-electron chi connectivity index (χ4n) is 4.64. The van der Waals surface area contributed by atoms with Crippen LogP contribution >= 0.6 is 0 Å². The SMILES string of the molecule is C/C=C(/C=O)[C@@H]1C[C@H]2c3c(c4ccccc4n3[C@@H](O)C1)CCN2C. The van der Waals surface area contributed by atoms with E-state index >= 15 is 0 Å². The normalized spacial score (nSPS) is 27.8. The summed E-state index contributed by atoms with van der Waals surface area (Å²) in [4.78, 5) is 13.8. The summed E-state index contributed by atoms with van der Waals surface area (Å²) in [5.74, 6) is 0.0968. The number of likely N-dealkylation sites (N-methyl/N-ethyl adjacent to an activating group) is 1. The maximum atomic E-state index is 11.5. The second kappa shape index (κ2) is 5.87. The molecule has 0 radical (unpaired) electrons. The third-order valence-corrected chi connectivity index (χ3v) is 5.86. The molecule has 0 amide bonds. The third-order valence-electron chi connectivity index (χ3n) is 5.86. The highest BCUT2D eigenvalue weighted by Gasteiger charge is 2.38. The molecule has 2 aliphatic heterocycles. The Bertz CT molecular complexity index is 820. The van der Waals surface area contributed by atoms with Crippen molar-refractivity contribution in [2.75, 3.05) is 13.6 Å². The smallest absolute Gasteiger partial charge is 0.145 e. The van der Waals surface area contributed by atoms with Crippen molar-refractivity contribution in [3.8, 4) is 0 Å². The topological polar surface area (TPSA) is 45.5 Å². The predicted octanol–water partition coefficient (Wildman–Crippen LogP) is 3.22. The number of hydrogen-bond acceptors (Lipinski definition) is 3. The van der Waals surface area contributed by atoms with Crippen molar-refractivity contribution in [2.45, 2.75) is 38.5 Å². The van der Waals surface area contributed by atoms with Crippen LogP contribution in [0.3, 0.4) is 0 Å². The van der Waals surface area contributed by atoms with Gasteiger partial charge in [-0.1, -0.05) is 24.3 Å². The van der Waals surface area contributed by atoms with E-state index in [0.717, 1.165) is 36.8 Å². The minimum Gasteiger partial charge on any atom is -0.373 e. The van der Waals surface area contributed by atoms with Crippen LogP contribution < -0.4 is 0 Å². The van der Waals surface area contributed by atoms with Gasteiger partial charge in [-0.3, -0.25) is 9.69 Å². The molecule has 3 atom stereocenters. The van der Waals surface area contributed by atoms with Crippen LogP contribution in [0.2, 0.25) is 0 Å². The van der Waals surface area contributed by atoms with Crippen molar-refractivity contribution in [3.05, 3.63) is 47.2 Å². The minimum absolute atomic E-state index is 0.0968. The van der Waals surface area contributed by atoms with Crippen molar-refractivity contribution in [1.29, 1.82) is 0 Å². The van der Waals surface area contributed by atoms with Crippen LogP contribution in [0.4, 0.5) is 0 Å². The third kappa shape index (κ3) is 2.17. The first-order valence-electron chi connectivity index (χ1n) is 8.77. The first-order valence-corrected chi connectivity index (χ1v) is 8.77. The molecule has 2 aromatic rings. The van der Waals surface area contributed by atoms with Gasteiger partial charge >= 0.3 is 0 Å². The van der Waals surface area contributed by atoms with Crippen LogP contribution in [0.1, 0.15) is 43.3 Å². The van der Waals surface area contributed by atoms with Gasteiger partial charge in [-0.2, -0.15) is 0 Å². The van der Waals surface area contributed by atoms with E-state index in [1.165, 1.54) is 16.6 Å². The summed E-state index contributed by atoms with van der Waals surface area (Å²) in [6, 6.07) is 8.63. The number of para-hydroxylation sites is 1. The summed E-state index contributed by atoms with van der Waals surface area (Å²) in [5, 5.41) is 12.3. The Labute approximate surface area is 142 Å². The fourth-order valence-corrected chi connectivity index (χ4v) is 4.64. The van der Waals surface area contributed by atoms with Crippen molar-refractivity contribution >= 4 is 17.2 Å². The van der Waals surface area contributed by atoms with Gasteiger partial charge in [0.25, 0.3) is 0 Å². The summed E-state index contributed by atoms with van der Waals surface area (Å²) in [7, 11) is 2.15. The van der Waals surface area contributed by atoms with Crippen molar-refractivity contribution < 1.29 is 9.90 Å². The molecule has 2 aliphatic rings. The highest BCUT2D eigenvalue weighted by Crippen LogP contribution is 2.46. The lowest BCUT2D eigenvalue weighted by Gasteiger charge is -2.34. The zero-order valence-corrected chi connectivity index (χ0v) is 14.3. The standard InChI is InChI=1S/C20H24N2O2/c1-3-13(12-23)14-10-18-20-16(8-9-21(18)2)15-6-4-5-7-17(15)22(20)19(24)11-14/h3-7,12,14,18-19,24H,8-11H2,1-2H3/b13-3-/t14-,18+,19+/m1/s1. The molecular formula is C20H24N2O2. The summed E-state index contributed by atoms with van der Waals surface area (Å²) < 4.78 is 2.13. The van der Waals surface area contributed by atoms with Crippen LogP contribution in [-0.2, 0) is 11.2 Å². The van der Waals surface area contributed by atoms with Crippen LogP contribution in [0.25, 0.3) is 10.9 Å². The molecule has 0 spiro atoms. The van der Waals surface area contributed by atoms with E-state index in [1.807, 2.05) is 19.1 Å². The lowest BCUT2D eigenvalue weighted by atomic mass is 9.86. The van der Waals surface area contributed by atoms with Gasteiger partial charge in [0.05, 0.1) is 11.6 Å². The van der Waals surface area contributed by atoms with E-state index in [4.69, 9.17) is 0 Å². The number of aldehydes is 1. The van der Waals surface area contributed by atoms with Gasteiger partial charge in [0.1, 0.15) is 12.5 Å². The van der Waals surface area contributed by atoms with E-state index in [1.54, 1.807) is 0 Å². The number of nitrogens with zero attached hydrogens (tertiary/aromatic N) is 2. The van der Waals surface area contributed by atoms with E-state index in [0.29, 0.717) is 6.42 Å². The minimum atomic E-state index is -0.588. The molecule has 0 bridgehead atoms. The molecule has 1 aromatic heterocycles. The molecular weight excluding hydrogens is 300 g/mol. The number of benzene rings is 1. The number of aliphatic hydroxyl groups excluding tert-OH is 1. The highest BCUT2D eigenvalue weighted by molar-refractivity contribution is 5.86. The monoisotopic (exact) mass is 324 g/mol. The van der Waals surface area contributed by atoms with Crippen molar-refractivity contribution in [2.24, 2.45) is 5.92 Å². The van der Waals surface area contributed by atoms with Crippen LogP contribution in [0.15, 0.2) is 35.9 Å². The van der Waals surface area contributed by atoms with Gasteiger partial charge in [0.15, 0.2) is 0 Å². The van der Waals surface area contributed by atoms with Gasteiger partial charge in [0, 0.05) is 17.6 Å². The molecule has 3 heterocycles. The number of carbonyl (C=O) groups is 1. The first-order chi connectivity index (χ1) is 11.7. The Hall–Kier alpha value is -1.91. The molecule has 0 saturated heterocycles. The van der Waals surface area contributed by atoms with E-state index in [-0.39, 0.29) is 12.0 Å². The van der Waals surface area contributed by atoms with Gasteiger partial charge in [-0.05, 0) is 56.4 Å². The zero-order chi connectivity index (χ0) is 16.8. The maximum Gasteiger partial charge on any atom is 0.145 e. The quantitative estimate of drug-likeness (QED) is 0.681. The van der Waals surface area contributed by atoms with Gasteiger partial charge < -0.3 is 9.67 Å². The largest absolute Gasteiger partial charge is 0.373 e. The molecule has 4 nitrogen and oxygen atoms in total. The first kappa shape index (κ1) is 15.6. The Morgan fingerprint density at radius 3 is 2.83 bits per heavy atom. The molecule has 126 valence electrons. The Morgan fingerprint density at radius 2 is 2.08 bits per heavy atom. The van der Waals surface area contributed by atoms with Crippen LogP contribution in [0.5, 0.6) is 0 Å². The van der Waals surface area contributed by atoms with E-state index < -0.39 is 6.23 Å². The molecule has 0 unspecified atom stereocenters. The average molecular weight is 324 g/mol. The summed E-state index contributed by atoms with van der Waals surface area (Å²) in [6.45, 7) is 2.92. The second-order valence-electron chi connectivity index (χ2n) is 7.05. The van der Waals surface area contributed by atoms with Gasteiger partial charge in [-0.15, -0.1) is 0 Å². The summed E-state index contributed by atoms with van der Waals surface area (Å²) in [6.07, 6.45) is 4.75. The lowest BCUT2D eigenvalue weighted by molar-refractivity contribution is -0.105. The maximum absolute atomic E-state index is 11.5. The van der Waals surface area contributed by atoms with Gasteiger partial charge in [0.2, 0.25) is 0 Å². The van der Waals surface area contributed by atoms with E-state index in [2.05, 4.69) is 34.7 Å². The molecule has 1 aromatic carbocycles. The van der Waals surface area contributed by atoms with E-state index in [9.17, 15) is 9.90 Å². The second-order valence-corrected chi connectivity index (χ2v) is 7.05. The summed E-state index contributed by atoms with van der Waals surface area (Å²) >= 11 is 0. The molecule has 4 heteroatoms. The molecule has 0 aliphatic carbocycles. The predicted molar refractivity (Wildman–Crippen MR) is 94.8 cm³/mol. The van der Waals surface area contributed by atoms with Crippen molar-refractivity contribution in [3.63, 3.8) is 0 Å². The number of hydrogen-bond donors (Lipinski definition) is 1. The molecule has 0 saturated carbocycles. The number of rotatable bonds is 2.